The van der Waals surface area contributed by atoms with E-state index in [9.17, 15) is 32.7 Å². The lowest BCUT2D eigenvalue weighted by atomic mass is 10.0. The lowest BCUT2D eigenvalue weighted by Crippen LogP contribution is -2.53. The Morgan fingerprint density at radius 2 is 1.73 bits per heavy atom. The van der Waals surface area contributed by atoms with Gasteiger partial charge in [0.1, 0.15) is 17.8 Å². The zero-order chi connectivity index (χ0) is 29.0. The molecule has 2 atom stereocenters. The van der Waals surface area contributed by atoms with Gasteiger partial charge in [0, 0.05) is 18.4 Å². The summed E-state index contributed by atoms with van der Waals surface area (Å²) >= 11 is 0. The molecule has 1 fully saturated rings. The molecule has 1 saturated heterocycles. The van der Waals surface area contributed by atoms with Crippen LogP contribution in [0.1, 0.15) is 50.4 Å². The summed E-state index contributed by atoms with van der Waals surface area (Å²) in [5.74, 6) is -2.31. The van der Waals surface area contributed by atoms with Crippen LogP contribution >= 0.6 is 0 Å². The van der Waals surface area contributed by atoms with E-state index in [1.807, 2.05) is 27.9 Å². The lowest BCUT2D eigenvalue weighted by Gasteiger charge is -2.31. The van der Waals surface area contributed by atoms with Crippen LogP contribution in [0.3, 0.4) is 0 Å². The number of likely N-dealkylation sites (tertiary alicyclic amines) is 1. The molecule has 1 aromatic carbocycles. The Morgan fingerprint density at radius 3 is 2.03 bits per heavy atom. The number of ketones is 1. The molecule has 0 aromatic heterocycles. The molecule has 1 aliphatic heterocycles. The van der Waals surface area contributed by atoms with Crippen molar-refractivity contribution in [2.24, 2.45) is 11.7 Å². The smallest absolute Gasteiger partial charge is 0.446 e. The summed E-state index contributed by atoms with van der Waals surface area (Å²) in [6.07, 6.45) is 2.20. The van der Waals surface area contributed by atoms with Gasteiger partial charge in [-0.1, -0.05) is 13.8 Å². The number of carbonyl (C=O) groups is 4. The van der Waals surface area contributed by atoms with E-state index in [1.54, 1.807) is 0 Å². The predicted octanol–water partition coefficient (Wildman–Crippen LogP) is -0.393. The number of nitrogens with zero attached hydrogens (tertiary/aromatic N) is 1. The molecule has 0 aliphatic carbocycles. The summed E-state index contributed by atoms with van der Waals surface area (Å²) in [4.78, 5) is 42.8. The summed E-state index contributed by atoms with van der Waals surface area (Å²) < 4.78 is 33.6. The Balaban J connectivity index is 0.000000532. The predicted molar refractivity (Wildman–Crippen MR) is 132 cm³/mol. The maximum atomic E-state index is 10.8. The summed E-state index contributed by atoms with van der Waals surface area (Å²) in [6.45, 7) is 5.95. The van der Waals surface area contributed by atoms with Crippen molar-refractivity contribution < 1.29 is 51.0 Å². The fourth-order valence-electron chi connectivity index (χ4n) is 3.41. The van der Waals surface area contributed by atoms with E-state index in [0.29, 0.717) is 16.5 Å². The molecule has 1 unspecified atom stereocenters. The van der Waals surface area contributed by atoms with Gasteiger partial charge in [-0.25, -0.2) is 4.79 Å². The molecule has 0 bridgehead atoms. The van der Waals surface area contributed by atoms with Crippen molar-refractivity contribution in [3.05, 3.63) is 29.8 Å². The summed E-state index contributed by atoms with van der Waals surface area (Å²) in [5.41, 5.74) is 5.48. The number of likely N-dealkylation sites (N-methyl/N-ethyl adjacent to an activating group) is 1. The highest BCUT2D eigenvalue weighted by molar-refractivity contribution is 7.81. The molecule has 37 heavy (non-hydrogen) atoms. The number of hydrogen-bond acceptors (Lipinski definition) is 9. The van der Waals surface area contributed by atoms with Crippen LogP contribution in [0.4, 0.5) is 0 Å². The SMILES string of the molecule is CC(=O)c1ccc(OS(=O)(=O)O)cc1.CC(C)CC(NC(=O)CN)C(=O)O.C[N+]1(C)CCC[C@H]1C(=O)[O-]. The van der Waals surface area contributed by atoms with Gasteiger partial charge in [-0.15, -0.1) is 0 Å². The molecule has 1 heterocycles. The van der Waals surface area contributed by atoms with E-state index in [-0.39, 0.29) is 30.0 Å². The van der Waals surface area contributed by atoms with Gasteiger partial charge in [-0.3, -0.25) is 14.1 Å². The first-order valence-corrected chi connectivity index (χ1v) is 12.8. The highest BCUT2D eigenvalue weighted by Crippen LogP contribution is 2.21. The Hall–Kier alpha value is -3.07. The number of Topliss-reactive ketones (excluding diaryl/α,β-unsaturated/α-hetero) is 1. The zero-order valence-electron chi connectivity index (χ0n) is 21.7. The number of hydrogen-bond donors (Lipinski definition) is 4. The quantitative estimate of drug-likeness (QED) is 0.177. The number of carboxylic acids is 2. The van der Waals surface area contributed by atoms with E-state index in [1.165, 1.54) is 31.2 Å². The molecule has 2 rings (SSSR count). The molecule has 0 saturated carbocycles. The van der Waals surface area contributed by atoms with E-state index in [0.717, 1.165) is 19.4 Å². The average molecular weight is 548 g/mol. The van der Waals surface area contributed by atoms with E-state index < -0.39 is 34.3 Å². The standard InChI is InChI=1S/C8H16N2O3.C8H8O5S.C7H13NO2/c1-5(2)3-6(8(12)13)10-7(11)4-9;1-6(9)7-2-4-8(5-3-7)13-14(10,11)12;1-8(2)5-3-4-6(8)7(9)10/h5-6H,3-4,9H2,1-2H3,(H,10,11)(H,12,13);2-5H,1H3,(H,10,11,12);6H,3-5H2,1-2H3/t;;6-/m..0/s1. The third-order valence-corrected chi connectivity index (χ3v) is 5.72. The van der Waals surface area contributed by atoms with E-state index in [2.05, 4.69) is 9.50 Å². The Bertz CT molecular complexity index is 1020. The van der Waals surface area contributed by atoms with Crippen LogP contribution in [0.2, 0.25) is 0 Å². The van der Waals surface area contributed by atoms with Crippen LogP contribution in [0.25, 0.3) is 0 Å². The molecule has 210 valence electrons. The van der Waals surface area contributed by atoms with Crippen LogP contribution in [-0.2, 0) is 24.8 Å². The maximum Gasteiger partial charge on any atom is 0.446 e. The Labute approximate surface area is 217 Å². The van der Waals surface area contributed by atoms with Gasteiger partial charge < -0.3 is 34.7 Å². The topological polar surface area (TPSA) is 213 Å². The number of carboxylic acid groups (broad SMARTS) is 2. The highest BCUT2D eigenvalue weighted by atomic mass is 32.3. The van der Waals surface area contributed by atoms with Crippen LogP contribution in [-0.4, -0.2) is 85.5 Å². The van der Waals surface area contributed by atoms with Crippen LogP contribution in [0.5, 0.6) is 5.75 Å². The number of aliphatic carboxylic acids is 2. The van der Waals surface area contributed by atoms with Crippen molar-refractivity contribution in [3.63, 3.8) is 0 Å². The zero-order valence-corrected chi connectivity index (χ0v) is 22.5. The van der Waals surface area contributed by atoms with Crippen molar-refractivity contribution >= 4 is 34.0 Å². The van der Waals surface area contributed by atoms with Gasteiger partial charge in [0.15, 0.2) is 5.78 Å². The summed E-state index contributed by atoms with van der Waals surface area (Å²) in [5, 5.41) is 21.5. The molecular weight excluding hydrogens is 510 g/mol. The van der Waals surface area contributed by atoms with Gasteiger partial charge in [0.2, 0.25) is 5.91 Å². The second-order valence-electron chi connectivity index (χ2n) is 9.36. The molecule has 5 N–H and O–H groups in total. The molecule has 13 nitrogen and oxygen atoms in total. The van der Waals surface area contributed by atoms with Crippen molar-refractivity contribution in [3.8, 4) is 5.75 Å². The number of nitrogens with one attached hydrogen (secondary N) is 1. The van der Waals surface area contributed by atoms with Crippen molar-refractivity contribution in [1.29, 1.82) is 0 Å². The van der Waals surface area contributed by atoms with E-state index >= 15 is 0 Å². The largest absolute Gasteiger partial charge is 0.544 e. The highest BCUT2D eigenvalue weighted by Gasteiger charge is 2.34. The number of quaternary nitrogens is 1. The lowest BCUT2D eigenvalue weighted by molar-refractivity contribution is -0.895. The van der Waals surface area contributed by atoms with Gasteiger partial charge in [-0.2, -0.15) is 8.42 Å². The third kappa shape index (κ3) is 14.3. The van der Waals surface area contributed by atoms with E-state index in [4.69, 9.17) is 15.4 Å². The monoisotopic (exact) mass is 547 g/mol. The minimum Gasteiger partial charge on any atom is -0.544 e. The normalized spacial score (nSPS) is 16.8. The first-order valence-electron chi connectivity index (χ1n) is 11.4. The van der Waals surface area contributed by atoms with Gasteiger partial charge >= 0.3 is 16.4 Å². The van der Waals surface area contributed by atoms with Crippen LogP contribution in [0.15, 0.2) is 24.3 Å². The number of benzene rings is 1. The third-order valence-electron chi connectivity index (χ3n) is 5.32. The molecule has 1 aromatic rings. The fraction of sp³-hybridized carbons (Fsp3) is 0.565. The first-order chi connectivity index (χ1) is 16.9. The molecule has 0 radical (unpaired) electrons. The number of amides is 1. The van der Waals surface area contributed by atoms with Gasteiger partial charge in [-0.05, 0) is 43.5 Å². The number of nitrogens with two attached hydrogens (primary N) is 1. The minimum absolute atomic E-state index is 0.0440. The van der Waals surface area contributed by atoms with Crippen molar-refractivity contribution in [2.75, 3.05) is 27.2 Å². The summed E-state index contributed by atoms with van der Waals surface area (Å²) in [6, 6.07) is 4.27. The molecular formula is C23H37N3O10S. The number of rotatable bonds is 9. The second-order valence-corrected chi connectivity index (χ2v) is 10.4. The maximum absolute atomic E-state index is 10.8. The van der Waals surface area contributed by atoms with Crippen LogP contribution in [0, 0.1) is 5.92 Å². The van der Waals surface area contributed by atoms with Crippen molar-refractivity contribution in [1.82, 2.24) is 5.32 Å². The van der Waals surface area contributed by atoms with Gasteiger partial charge in [0.05, 0.1) is 33.2 Å². The number of carbonyl (C=O) groups excluding carboxylic acids is 3. The molecule has 14 heteroatoms. The molecule has 0 spiro atoms. The van der Waals surface area contributed by atoms with Crippen molar-refractivity contribution in [2.45, 2.75) is 52.1 Å². The molecule has 1 aliphatic rings. The first kappa shape index (κ1) is 33.9. The minimum atomic E-state index is -4.50. The molecule has 1 amide bonds. The Kier molecular flexibility index (Phi) is 14.0. The average Bonchev–Trinajstić information content (AvgIpc) is 3.12. The summed E-state index contributed by atoms with van der Waals surface area (Å²) in [7, 11) is -0.619. The second kappa shape index (κ2) is 15.2. The van der Waals surface area contributed by atoms with Crippen LogP contribution < -0.4 is 20.3 Å². The Morgan fingerprint density at radius 1 is 1.19 bits per heavy atom. The fourth-order valence-corrected chi connectivity index (χ4v) is 3.77. The van der Waals surface area contributed by atoms with Gasteiger partial charge in [0.25, 0.3) is 0 Å².